The Bertz CT molecular complexity index is 497. The average Bonchev–Trinajstić information content (AvgIpc) is 2.94. The van der Waals surface area contributed by atoms with E-state index in [-0.39, 0.29) is 5.91 Å². The van der Waals surface area contributed by atoms with Gasteiger partial charge in [0.2, 0.25) is 5.91 Å². The molecular formula is C12H12BrNO3S. The van der Waals surface area contributed by atoms with E-state index < -0.39 is 11.9 Å². The summed E-state index contributed by atoms with van der Waals surface area (Å²) in [5.41, 5.74) is 0. The molecule has 0 radical (unpaired) electrons. The van der Waals surface area contributed by atoms with Crippen molar-refractivity contribution in [1.82, 2.24) is 4.90 Å². The van der Waals surface area contributed by atoms with Gasteiger partial charge in [-0.2, -0.15) is 0 Å². The molecule has 2 heterocycles. The summed E-state index contributed by atoms with van der Waals surface area (Å²) in [6.07, 6.45) is 3.80. The zero-order valence-electron chi connectivity index (χ0n) is 9.51. The fourth-order valence-electron chi connectivity index (χ4n) is 1.84. The molecule has 0 saturated carbocycles. The minimum absolute atomic E-state index is 0.122. The Hall–Kier alpha value is -1.14. The van der Waals surface area contributed by atoms with Crippen molar-refractivity contribution in [1.29, 1.82) is 0 Å². The highest BCUT2D eigenvalue weighted by Gasteiger charge is 2.29. The Morgan fingerprint density at radius 1 is 1.50 bits per heavy atom. The molecule has 1 fully saturated rings. The number of amides is 1. The van der Waals surface area contributed by atoms with Crippen LogP contribution in [0.1, 0.15) is 11.3 Å². The number of hydrogen-bond donors (Lipinski definition) is 1. The summed E-state index contributed by atoms with van der Waals surface area (Å²) in [7, 11) is 0. The molecule has 1 unspecified atom stereocenters. The van der Waals surface area contributed by atoms with E-state index in [9.17, 15) is 9.59 Å². The number of hydrogen-bond acceptors (Lipinski definition) is 3. The third kappa shape index (κ3) is 3.20. The first-order valence-electron chi connectivity index (χ1n) is 5.51. The molecule has 18 heavy (non-hydrogen) atoms. The van der Waals surface area contributed by atoms with Crippen molar-refractivity contribution in [2.24, 2.45) is 5.92 Å². The Labute approximate surface area is 117 Å². The van der Waals surface area contributed by atoms with Gasteiger partial charge in [0.1, 0.15) is 0 Å². The third-order valence-electron chi connectivity index (χ3n) is 2.83. The minimum Gasteiger partial charge on any atom is -0.481 e. The topological polar surface area (TPSA) is 57.6 Å². The van der Waals surface area contributed by atoms with Gasteiger partial charge in [-0.3, -0.25) is 9.59 Å². The molecule has 0 bridgehead atoms. The van der Waals surface area contributed by atoms with Crippen molar-refractivity contribution in [3.8, 4) is 0 Å². The zero-order valence-corrected chi connectivity index (χ0v) is 11.9. The largest absolute Gasteiger partial charge is 0.481 e. The standard InChI is InChI=1S/C12H12BrNO3S/c13-10-3-1-9(18-10)2-4-11(15)14-6-5-8(7-14)12(16)17/h1-4,8H,5-7H2,(H,16,17). The van der Waals surface area contributed by atoms with E-state index >= 15 is 0 Å². The van der Waals surface area contributed by atoms with E-state index in [1.54, 1.807) is 22.3 Å². The van der Waals surface area contributed by atoms with Gasteiger partial charge in [-0.25, -0.2) is 0 Å². The highest BCUT2D eigenvalue weighted by molar-refractivity contribution is 9.11. The number of likely N-dealkylation sites (tertiary alicyclic amines) is 1. The van der Waals surface area contributed by atoms with E-state index in [0.29, 0.717) is 19.5 Å². The first kappa shape index (κ1) is 13.3. The molecule has 1 aromatic heterocycles. The van der Waals surface area contributed by atoms with Gasteiger partial charge in [0.15, 0.2) is 0 Å². The number of carboxylic acids is 1. The van der Waals surface area contributed by atoms with Crippen LogP contribution in [0.4, 0.5) is 0 Å². The lowest BCUT2D eigenvalue weighted by Crippen LogP contribution is -2.28. The van der Waals surface area contributed by atoms with Crippen molar-refractivity contribution in [3.05, 3.63) is 26.9 Å². The molecule has 1 aromatic rings. The van der Waals surface area contributed by atoms with Crippen LogP contribution >= 0.6 is 27.3 Å². The number of thiophene rings is 1. The Morgan fingerprint density at radius 2 is 2.28 bits per heavy atom. The van der Waals surface area contributed by atoms with Crippen molar-refractivity contribution in [2.75, 3.05) is 13.1 Å². The lowest BCUT2D eigenvalue weighted by Gasteiger charge is -2.12. The molecule has 4 nitrogen and oxygen atoms in total. The number of aliphatic carboxylic acids is 1. The minimum atomic E-state index is -0.823. The molecule has 0 aliphatic carbocycles. The van der Waals surface area contributed by atoms with Gasteiger partial charge in [0.25, 0.3) is 0 Å². The molecule has 96 valence electrons. The van der Waals surface area contributed by atoms with Crippen LogP contribution in [-0.2, 0) is 9.59 Å². The molecule has 1 N–H and O–H groups in total. The first-order chi connectivity index (χ1) is 8.56. The molecule has 6 heteroatoms. The zero-order chi connectivity index (χ0) is 13.1. The van der Waals surface area contributed by atoms with Crippen molar-refractivity contribution in [3.63, 3.8) is 0 Å². The summed E-state index contributed by atoms with van der Waals surface area (Å²) >= 11 is 4.90. The number of halogens is 1. The summed E-state index contributed by atoms with van der Waals surface area (Å²) in [6.45, 7) is 0.834. The SMILES string of the molecule is O=C(O)C1CCN(C(=O)C=Cc2ccc(Br)s2)C1. The number of carbonyl (C=O) groups is 2. The van der Waals surface area contributed by atoms with Gasteiger partial charge in [-0.1, -0.05) is 0 Å². The number of carboxylic acid groups (broad SMARTS) is 1. The smallest absolute Gasteiger partial charge is 0.308 e. The average molecular weight is 330 g/mol. The van der Waals surface area contributed by atoms with Gasteiger partial charge in [0, 0.05) is 24.0 Å². The van der Waals surface area contributed by atoms with Crippen molar-refractivity contribution >= 4 is 45.2 Å². The van der Waals surface area contributed by atoms with E-state index in [2.05, 4.69) is 15.9 Å². The Morgan fingerprint density at radius 3 is 2.83 bits per heavy atom. The molecule has 1 saturated heterocycles. The summed E-state index contributed by atoms with van der Waals surface area (Å²) < 4.78 is 1.02. The number of nitrogens with zero attached hydrogens (tertiary/aromatic N) is 1. The van der Waals surface area contributed by atoms with Crippen LogP contribution in [0.2, 0.25) is 0 Å². The van der Waals surface area contributed by atoms with Gasteiger partial charge in [-0.15, -0.1) is 11.3 Å². The van der Waals surface area contributed by atoms with Crippen LogP contribution in [-0.4, -0.2) is 35.0 Å². The maximum atomic E-state index is 11.8. The van der Waals surface area contributed by atoms with E-state index in [1.807, 2.05) is 12.1 Å². The fourth-order valence-corrected chi connectivity index (χ4v) is 3.17. The van der Waals surface area contributed by atoms with Crippen molar-refractivity contribution in [2.45, 2.75) is 6.42 Å². The lowest BCUT2D eigenvalue weighted by molar-refractivity contribution is -0.141. The highest BCUT2D eigenvalue weighted by Crippen LogP contribution is 2.23. The van der Waals surface area contributed by atoms with Crippen LogP contribution in [0.25, 0.3) is 6.08 Å². The predicted octanol–water partition coefficient (Wildman–Crippen LogP) is 2.46. The quantitative estimate of drug-likeness (QED) is 0.866. The number of carbonyl (C=O) groups excluding carboxylic acids is 1. The van der Waals surface area contributed by atoms with Gasteiger partial charge >= 0.3 is 5.97 Å². The van der Waals surface area contributed by atoms with Crippen molar-refractivity contribution < 1.29 is 14.7 Å². The fraction of sp³-hybridized carbons (Fsp3) is 0.333. The monoisotopic (exact) mass is 329 g/mol. The molecule has 2 rings (SSSR count). The maximum Gasteiger partial charge on any atom is 0.308 e. The van der Waals surface area contributed by atoms with E-state index in [0.717, 1.165) is 8.66 Å². The second-order valence-electron chi connectivity index (χ2n) is 4.08. The Balaban J connectivity index is 1.93. The van der Waals surface area contributed by atoms with Crippen LogP contribution in [0.5, 0.6) is 0 Å². The highest BCUT2D eigenvalue weighted by atomic mass is 79.9. The second-order valence-corrected chi connectivity index (χ2v) is 6.58. The maximum absolute atomic E-state index is 11.8. The van der Waals surface area contributed by atoms with Crippen LogP contribution in [0.3, 0.4) is 0 Å². The molecule has 1 atom stereocenters. The summed E-state index contributed by atoms with van der Waals surface area (Å²) in [4.78, 5) is 25.2. The molecule has 1 amide bonds. The lowest BCUT2D eigenvalue weighted by atomic mass is 10.1. The van der Waals surface area contributed by atoms with E-state index in [1.165, 1.54) is 6.08 Å². The first-order valence-corrected chi connectivity index (χ1v) is 7.12. The summed E-state index contributed by atoms with van der Waals surface area (Å²) in [5.74, 6) is -1.36. The molecule has 1 aliphatic rings. The van der Waals surface area contributed by atoms with Crippen LogP contribution in [0, 0.1) is 5.92 Å². The molecular weight excluding hydrogens is 318 g/mol. The summed E-state index contributed by atoms with van der Waals surface area (Å²) in [6, 6.07) is 3.84. The van der Waals surface area contributed by atoms with E-state index in [4.69, 9.17) is 5.11 Å². The van der Waals surface area contributed by atoms with Crippen LogP contribution in [0.15, 0.2) is 22.0 Å². The third-order valence-corrected chi connectivity index (χ3v) is 4.42. The van der Waals surface area contributed by atoms with Gasteiger partial charge in [0.05, 0.1) is 9.70 Å². The van der Waals surface area contributed by atoms with Crippen LogP contribution < -0.4 is 0 Å². The molecule has 1 aliphatic heterocycles. The number of rotatable bonds is 3. The predicted molar refractivity (Wildman–Crippen MR) is 73.4 cm³/mol. The van der Waals surface area contributed by atoms with Gasteiger partial charge in [-0.05, 0) is 40.6 Å². The second kappa shape index (κ2) is 5.67. The molecule has 0 spiro atoms. The Kier molecular flexibility index (Phi) is 4.19. The normalized spacial score (nSPS) is 19.6. The van der Waals surface area contributed by atoms with Gasteiger partial charge < -0.3 is 10.0 Å². The summed E-state index contributed by atoms with van der Waals surface area (Å²) in [5, 5.41) is 8.86. The molecule has 0 aromatic carbocycles.